The van der Waals surface area contributed by atoms with Gasteiger partial charge in [0.2, 0.25) is 5.91 Å². The molecule has 0 aromatic heterocycles. The van der Waals surface area contributed by atoms with E-state index in [9.17, 15) is 19.2 Å². The fourth-order valence-electron chi connectivity index (χ4n) is 4.40. The van der Waals surface area contributed by atoms with Gasteiger partial charge in [0.25, 0.3) is 17.7 Å². The van der Waals surface area contributed by atoms with Crippen LogP contribution in [0.25, 0.3) is 0 Å². The summed E-state index contributed by atoms with van der Waals surface area (Å²) >= 11 is 0. The van der Waals surface area contributed by atoms with Crippen molar-refractivity contribution in [1.29, 1.82) is 0 Å². The summed E-state index contributed by atoms with van der Waals surface area (Å²) in [5.41, 5.74) is 4.61. The van der Waals surface area contributed by atoms with Crippen LogP contribution in [0.5, 0.6) is 11.5 Å². The van der Waals surface area contributed by atoms with E-state index >= 15 is 0 Å². The monoisotopic (exact) mass is 480 g/mol. The largest absolute Gasteiger partial charge is 0.494 e. The Hall–Kier alpha value is -4.08. The molecule has 2 aromatic carbocycles. The van der Waals surface area contributed by atoms with E-state index < -0.39 is 23.6 Å². The minimum atomic E-state index is -0.964. The van der Waals surface area contributed by atoms with Crippen LogP contribution < -0.4 is 25.2 Å². The molecule has 4 amide bonds. The quantitative estimate of drug-likeness (QED) is 0.586. The second-order valence-electron chi connectivity index (χ2n) is 8.56. The summed E-state index contributed by atoms with van der Waals surface area (Å²) in [6.45, 7) is 5.41. The number of amides is 4. The van der Waals surface area contributed by atoms with Gasteiger partial charge in [-0.1, -0.05) is 12.1 Å². The van der Waals surface area contributed by atoms with Crippen molar-refractivity contribution >= 4 is 29.3 Å². The number of nitrogens with one attached hydrogen (secondary N) is 2. The van der Waals surface area contributed by atoms with Crippen LogP contribution >= 0.6 is 0 Å². The number of nitrogens with zero attached hydrogens (tertiary/aromatic N) is 2. The molecule has 1 saturated heterocycles. The molecule has 2 heterocycles. The van der Waals surface area contributed by atoms with Gasteiger partial charge in [0.05, 0.1) is 17.9 Å². The van der Waals surface area contributed by atoms with Crippen molar-refractivity contribution in [1.82, 2.24) is 15.8 Å². The first kappa shape index (κ1) is 24.1. The number of hydrogen-bond donors (Lipinski definition) is 2. The van der Waals surface area contributed by atoms with Gasteiger partial charge in [-0.05, 0) is 63.6 Å². The van der Waals surface area contributed by atoms with Crippen LogP contribution in [-0.4, -0.2) is 53.4 Å². The third-order valence-corrected chi connectivity index (χ3v) is 6.19. The van der Waals surface area contributed by atoms with Gasteiger partial charge in [-0.3, -0.25) is 34.9 Å². The van der Waals surface area contributed by atoms with Crippen molar-refractivity contribution in [2.24, 2.45) is 0 Å². The van der Waals surface area contributed by atoms with Crippen molar-refractivity contribution < 1.29 is 28.7 Å². The van der Waals surface area contributed by atoms with E-state index in [-0.39, 0.29) is 24.8 Å². The van der Waals surface area contributed by atoms with Crippen LogP contribution in [0.15, 0.2) is 48.5 Å². The smallest absolute Gasteiger partial charge is 0.279 e. The Balaban J connectivity index is 1.37. The number of hydrogen-bond acceptors (Lipinski definition) is 6. The van der Waals surface area contributed by atoms with Crippen LogP contribution in [0.1, 0.15) is 44.0 Å². The molecule has 0 saturated carbocycles. The zero-order chi connectivity index (χ0) is 25.2. The summed E-state index contributed by atoms with van der Waals surface area (Å²) < 4.78 is 11.0. The molecule has 10 nitrogen and oxygen atoms in total. The Morgan fingerprint density at radius 2 is 1.74 bits per heavy atom. The molecule has 2 atom stereocenters. The molecular formula is C25H28N4O6. The predicted molar refractivity (Wildman–Crippen MR) is 127 cm³/mol. The molecule has 0 aliphatic carbocycles. The molecule has 10 heteroatoms. The van der Waals surface area contributed by atoms with Gasteiger partial charge >= 0.3 is 0 Å². The highest BCUT2D eigenvalue weighted by atomic mass is 16.5. The number of carbonyl (C=O) groups is 4. The Bertz CT molecular complexity index is 1150. The summed E-state index contributed by atoms with van der Waals surface area (Å²) in [4.78, 5) is 53.9. The lowest BCUT2D eigenvalue weighted by Gasteiger charge is -2.48. The Morgan fingerprint density at radius 3 is 2.46 bits per heavy atom. The van der Waals surface area contributed by atoms with Gasteiger partial charge in [0, 0.05) is 6.42 Å². The van der Waals surface area contributed by atoms with Crippen LogP contribution in [0.2, 0.25) is 0 Å². The fraction of sp³-hybridized carbons (Fsp3) is 0.360. The predicted octanol–water partition coefficient (Wildman–Crippen LogP) is 2.00. The third-order valence-electron chi connectivity index (χ3n) is 6.19. The zero-order valence-corrected chi connectivity index (χ0v) is 19.9. The van der Waals surface area contributed by atoms with E-state index in [1.54, 1.807) is 67.3 Å². The molecule has 184 valence electrons. The first-order chi connectivity index (χ1) is 16.7. The molecule has 2 aliphatic rings. The van der Waals surface area contributed by atoms with Crippen molar-refractivity contribution in [3.8, 4) is 11.5 Å². The lowest BCUT2D eigenvalue weighted by atomic mass is 9.98. The summed E-state index contributed by atoms with van der Waals surface area (Å²) in [6.07, 6.45) is -0.219. The summed E-state index contributed by atoms with van der Waals surface area (Å²) in [5.74, 6) is -0.449. The second-order valence-corrected chi connectivity index (χ2v) is 8.56. The highest BCUT2D eigenvalue weighted by Crippen LogP contribution is 2.43. The van der Waals surface area contributed by atoms with E-state index in [2.05, 4.69) is 10.9 Å². The molecule has 0 radical (unpaired) electrons. The summed E-state index contributed by atoms with van der Waals surface area (Å²) in [7, 11) is 0. The van der Waals surface area contributed by atoms with Crippen LogP contribution in [0.3, 0.4) is 0 Å². The number of anilines is 1. The number of rotatable bonds is 7. The maximum Gasteiger partial charge on any atom is 0.279 e. The van der Waals surface area contributed by atoms with Gasteiger partial charge in [0.15, 0.2) is 6.10 Å². The topological polar surface area (TPSA) is 117 Å². The highest BCUT2D eigenvalue weighted by molar-refractivity contribution is 6.11. The first-order valence-electron chi connectivity index (χ1n) is 11.5. The molecule has 2 aliphatic heterocycles. The molecule has 2 aromatic rings. The third kappa shape index (κ3) is 4.64. The van der Waals surface area contributed by atoms with E-state index in [1.165, 1.54) is 4.90 Å². The highest BCUT2D eigenvalue weighted by Gasteiger charge is 2.53. The number of hydrazine groups is 1. The number of para-hydroxylation sites is 1. The van der Waals surface area contributed by atoms with Crippen molar-refractivity contribution in [2.45, 2.75) is 45.4 Å². The Kier molecular flexibility index (Phi) is 6.63. The van der Waals surface area contributed by atoms with Crippen LogP contribution in [0, 0.1) is 0 Å². The van der Waals surface area contributed by atoms with Crippen molar-refractivity contribution in [3.63, 3.8) is 0 Å². The van der Waals surface area contributed by atoms with Gasteiger partial charge in [-0.15, -0.1) is 0 Å². The average Bonchev–Trinajstić information content (AvgIpc) is 3.16. The Labute approximate surface area is 203 Å². The van der Waals surface area contributed by atoms with Crippen molar-refractivity contribution in [3.05, 3.63) is 54.1 Å². The van der Waals surface area contributed by atoms with Crippen molar-refractivity contribution in [2.75, 3.05) is 18.1 Å². The lowest BCUT2D eigenvalue weighted by molar-refractivity contribution is -0.133. The molecule has 2 N–H and O–H groups in total. The maximum absolute atomic E-state index is 13.2. The number of carbonyl (C=O) groups excluding carboxylic acids is 4. The fourth-order valence-corrected chi connectivity index (χ4v) is 4.40. The molecule has 4 rings (SSSR count). The first-order valence-corrected chi connectivity index (χ1v) is 11.5. The normalized spacial score (nSPS) is 19.5. The molecule has 0 bridgehead atoms. The average molecular weight is 481 g/mol. The SMILES string of the molecule is CCOc1ccc(OC(C)C(=O)NNC(=O)CN2C(=O)c3ccccc3N3C(=O)CCC23C)cc1. The minimum absolute atomic E-state index is 0.105. The van der Waals surface area contributed by atoms with Gasteiger partial charge in [0.1, 0.15) is 23.7 Å². The summed E-state index contributed by atoms with van der Waals surface area (Å²) in [6, 6.07) is 13.7. The molecular weight excluding hydrogens is 452 g/mol. The molecule has 35 heavy (non-hydrogen) atoms. The van der Waals surface area contributed by atoms with E-state index in [0.29, 0.717) is 35.8 Å². The molecule has 1 fully saturated rings. The van der Waals surface area contributed by atoms with Gasteiger partial charge < -0.3 is 14.4 Å². The second kappa shape index (κ2) is 9.65. The Morgan fingerprint density at radius 1 is 1.06 bits per heavy atom. The standard InChI is InChI=1S/C25H28N4O6/c1-4-34-17-9-11-18(12-10-17)35-16(2)23(32)27-26-21(30)15-28-24(33)19-7-5-6-8-20(19)29-22(31)13-14-25(28,29)3/h5-12,16H,4,13-15H2,1-3H3,(H,26,30)(H,27,32). The molecule has 0 spiro atoms. The number of ether oxygens (including phenoxy) is 2. The minimum Gasteiger partial charge on any atom is -0.494 e. The van der Waals surface area contributed by atoms with Gasteiger partial charge in [-0.25, -0.2) is 0 Å². The van der Waals surface area contributed by atoms with E-state index in [4.69, 9.17) is 9.47 Å². The van der Waals surface area contributed by atoms with Gasteiger partial charge in [-0.2, -0.15) is 0 Å². The van der Waals surface area contributed by atoms with Crippen LogP contribution in [-0.2, 0) is 14.4 Å². The van der Waals surface area contributed by atoms with E-state index in [1.807, 2.05) is 6.92 Å². The maximum atomic E-state index is 13.2. The number of fused-ring (bicyclic) bond motifs is 3. The number of benzene rings is 2. The van der Waals surface area contributed by atoms with Crippen LogP contribution in [0.4, 0.5) is 5.69 Å². The summed E-state index contributed by atoms with van der Waals surface area (Å²) in [5, 5.41) is 0. The zero-order valence-electron chi connectivity index (χ0n) is 19.9. The van der Waals surface area contributed by atoms with E-state index in [0.717, 1.165) is 0 Å². The lowest BCUT2D eigenvalue weighted by Crippen LogP contribution is -2.64. The molecule has 2 unspecified atom stereocenters.